The van der Waals surface area contributed by atoms with Crippen LogP contribution in [0.1, 0.15) is 12.5 Å². The number of halogens is 1. The lowest BCUT2D eigenvalue weighted by atomic mass is 10.2. The fourth-order valence-corrected chi connectivity index (χ4v) is 3.97. The average Bonchev–Trinajstić information content (AvgIpc) is 2.81. The van der Waals surface area contributed by atoms with Gasteiger partial charge in [0.2, 0.25) is 0 Å². The molecular weight excluding hydrogens is 505 g/mol. The van der Waals surface area contributed by atoms with Crippen molar-refractivity contribution in [3.05, 3.63) is 48.3 Å². The first-order chi connectivity index (χ1) is 14.7. The van der Waals surface area contributed by atoms with E-state index in [0.717, 1.165) is 70.0 Å². The lowest BCUT2D eigenvalue weighted by Gasteiger charge is -2.37. The monoisotopic (exact) mass is 537 g/mol. The van der Waals surface area contributed by atoms with Crippen LogP contribution < -0.4 is 15.1 Å². The van der Waals surface area contributed by atoms with Gasteiger partial charge >= 0.3 is 0 Å². The Balaban J connectivity index is 0.00000272. The Kier molecular flexibility index (Phi) is 8.70. The summed E-state index contributed by atoms with van der Waals surface area (Å²) in [6, 6.07) is 10.3. The molecule has 1 unspecified atom stereocenters. The number of nitrogens with zero attached hydrogens (tertiary/aromatic N) is 6. The highest BCUT2D eigenvalue weighted by Gasteiger charge is 2.21. The van der Waals surface area contributed by atoms with Crippen molar-refractivity contribution < 1.29 is 4.74 Å². The normalized spacial score (nSPS) is 19.7. The van der Waals surface area contributed by atoms with Crippen LogP contribution in [0.15, 0.2) is 47.7 Å². The van der Waals surface area contributed by atoms with Crippen LogP contribution >= 0.6 is 24.0 Å². The summed E-state index contributed by atoms with van der Waals surface area (Å²) in [5.74, 6) is 3.00. The Bertz CT molecular complexity index is 843. The van der Waals surface area contributed by atoms with Crippen molar-refractivity contribution in [2.75, 3.05) is 62.7 Å². The molecule has 2 aromatic heterocycles. The van der Waals surface area contributed by atoms with E-state index in [-0.39, 0.29) is 30.1 Å². The zero-order valence-electron chi connectivity index (χ0n) is 18.3. The maximum Gasteiger partial charge on any atom is 0.194 e. The summed E-state index contributed by atoms with van der Waals surface area (Å²) in [5, 5.41) is 3.52. The first-order valence-corrected chi connectivity index (χ1v) is 10.7. The van der Waals surface area contributed by atoms with Crippen LogP contribution in [0.5, 0.6) is 0 Å². The minimum absolute atomic E-state index is 0. The zero-order chi connectivity index (χ0) is 20.8. The van der Waals surface area contributed by atoms with Gasteiger partial charge in [-0.25, -0.2) is 9.97 Å². The van der Waals surface area contributed by atoms with Gasteiger partial charge in [0.1, 0.15) is 11.6 Å². The van der Waals surface area contributed by atoms with Gasteiger partial charge in [0.15, 0.2) is 5.96 Å². The molecule has 0 saturated carbocycles. The number of aromatic nitrogens is 2. The van der Waals surface area contributed by atoms with E-state index in [0.29, 0.717) is 0 Å². The van der Waals surface area contributed by atoms with Crippen molar-refractivity contribution >= 4 is 41.6 Å². The molecule has 0 amide bonds. The quantitative estimate of drug-likeness (QED) is 0.365. The molecule has 31 heavy (non-hydrogen) atoms. The van der Waals surface area contributed by atoms with Gasteiger partial charge < -0.3 is 24.8 Å². The summed E-state index contributed by atoms with van der Waals surface area (Å²) in [6.07, 6.45) is 3.98. The van der Waals surface area contributed by atoms with Gasteiger partial charge in [0, 0.05) is 65.3 Å². The number of rotatable bonds is 4. The molecular formula is C22H32IN7O. The molecule has 1 N–H and O–H groups in total. The molecule has 1 atom stereocenters. The number of piperazine rings is 1. The third-order valence-electron chi connectivity index (χ3n) is 5.59. The summed E-state index contributed by atoms with van der Waals surface area (Å²) in [5.41, 5.74) is 1.20. The van der Waals surface area contributed by atoms with E-state index in [4.69, 9.17) is 4.74 Å². The predicted octanol–water partition coefficient (Wildman–Crippen LogP) is 2.22. The maximum absolute atomic E-state index is 5.65. The Morgan fingerprint density at radius 3 is 2.58 bits per heavy atom. The van der Waals surface area contributed by atoms with Crippen molar-refractivity contribution in [1.82, 2.24) is 20.2 Å². The number of pyridine rings is 2. The molecule has 0 spiro atoms. The number of hydrogen-bond acceptors (Lipinski definition) is 6. The molecule has 0 aliphatic carbocycles. The first kappa shape index (κ1) is 23.5. The van der Waals surface area contributed by atoms with Crippen molar-refractivity contribution in [1.29, 1.82) is 0 Å². The number of nitrogens with one attached hydrogen (secondary N) is 1. The first-order valence-electron chi connectivity index (χ1n) is 10.7. The minimum Gasteiger partial charge on any atom is -0.375 e. The Hall–Kier alpha value is -2.14. The molecule has 2 aromatic rings. The third kappa shape index (κ3) is 6.19. The van der Waals surface area contributed by atoms with Crippen LogP contribution in [0.3, 0.4) is 0 Å². The van der Waals surface area contributed by atoms with E-state index in [1.165, 1.54) is 5.56 Å². The summed E-state index contributed by atoms with van der Waals surface area (Å²) < 4.78 is 5.65. The molecule has 8 nitrogen and oxygen atoms in total. The highest BCUT2D eigenvalue weighted by molar-refractivity contribution is 14.0. The Labute approximate surface area is 201 Å². The molecule has 168 valence electrons. The largest absolute Gasteiger partial charge is 0.375 e. The van der Waals surface area contributed by atoms with Gasteiger partial charge in [0.05, 0.1) is 12.7 Å². The van der Waals surface area contributed by atoms with Crippen molar-refractivity contribution in [2.24, 2.45) is 4.99 Å². The van der Waals surface area contributed by atoms with Crippen LogP contribution in [0.25, 0.3) is 0 Å². The number of aliphatic imine (C=N–C) groups is 1. The van der Waals surface area contributed by atoms with E-state index in [9.17, 15) is 0 Å². The summed E-state index contributed by atoms with van der Waals surface area (Å²) in [4.78, 5) is 20.5. The van der Waals surface area contributed by atoms with Gasteiger partial charge in [-0.1, -0.05) is 6.07 Å². The van der Waals surface area contributed by atoms with Crippen LogP contribution in [0, 0.1) is 0 Å². The predicted molar refractivity (Wildman–Crippen MR) is 136 cm³/mol. The minimum atomic E-state index is 0. The van der Waals surface area contributed by atoms with Gasteiger partial charge in [-0.3, -0.25) is 4.99 Å². The van der Waals surface area contributed by atoms with Gasteiger partial charge in [-0.2, -0.15) is 0 Å². The van der Waals surface area contributed by atoms with Gasteiger partial charge in [0.25, 0.3) is 0 Å². The standard InChI is InChI=1S/C22H31N7O.HI/c1-18-17-29(13-14-30-18)21-15-19(6-8-25-21)16-26-22(23-2)28-11-9-27(10-12-28)20-5-3-4-7-24-20;/h3-8,15,18H,9-14,16-17H2,1-2H3,(H,23,26);1H. The van der Waals surface area contributed by atoms with E-state index in [2.05, 4.69) is 60.1 Å². The molecule has 2 aliphatic rings. The van der Waals surface area contributed by atoms with Gasteiger partial charge in [-0.15, -0.1) is 24.0 Å². The lowest BCUT2D eigenvalue weighted by molar-refractivity contribution is 0.0529. The van der Waals surface area contributed by atoms with Crippen molar-refractivity contribution in [2.45, 2.75) is 19.6 Å². The second-order valence-corrected chi connectivity index (χ2v) is 7.71. The maximum atomic E-state index is 5.65. The molecule has 0 bridgehead atoms. The van der Waals surface area contributed by atoms with E-state index in [1.807, 2.05) is 31.6 Å². The number of ether oxygens (including phenoxy) is 1. The van der Waals surface area contributed by atoms with Gasteiger partial charge in [-0.05, 0) is 36.8 Å². The van der Waals surface area contributed by atoms with Crippen LogP contribution in [-0.2, 0) is 11.3 Å². The molecule has 9 heteroatoms. The molecule has 4 heterocycles. The molecule has 0 aromatic carbocycles. The highest BCUT2D eigenvalue weighted by Crippen LogP contribution is 2.17. The lowest BCUT2D eigenvalue weighted by Crippen LogP contribution is -2.52. The fourth-order valence-electron chi connectivity index (χ4n) is 3.97. The second-order valence-electron chi connectivity index (χ2n) is 7.71. The van der Waals surface area contributed by atoms with E-state index < -0.39 is 0 Å². The number of hydrogen-bond donors (Lipinski definition) is 1. The zero-order valence-corrected chi connectivity index (χ0v) is 20.6. The van der Waals surface area contributed by atoms with E-state index >= 15 is 0 Å². The Morgan fingerprint density at radius 2 is 1.87 bits per heavy atom. The summed E-state index contributed by atoms with van der Waals surface area (Å²) in [6.45, 7) is 9.06. The summed E-state index contributed by atoms with van der Waals surface area (Å²) >= 11 is 0. The highest BCUT2D eigenvalue weighted by atomic mass is 127. The fraction of sp³-hybridized carbons (Fsp3) is 0.500. The van der Waals surface area contributed by atoms with Crippen LogP contribution in [0.2, 0.25) is 0 Å². The van der Waals surface area contributed by atoms with Crippen molar-refractivity contribution in [3.8, 4) is 0 Å². The topological polar surface area (TPSA) is 69.1 Å². The third-order valence-corrected chi connectivity index (χ3v) is 5.59. The molecule has 4 rings (SSSR count). The molecule has 2 saturated heterocycles. The number of morpholine rings is 1. The molecule has 2 aliphatic heterocycles. The summed E-state index contributed by atoms with van der Waals surface area (Å²) in [7, 11) is 1.85. The molecule has 0 radical (unpaired) electrons. The number of guanidine groups is 1. The van der Waals surface area contributed by atoms with Crippen molar-refractivity contribution in [3.63, 3.8) is 0 Å². The second kappa shape index (κ2) is 11.5. The van der Waals surface area contributed by atoms with Crippen LogP contribution in [0.4, 0.5) is 11.6 Å². The van der Waals surface area contributed by atoms with E-state index in [1.54, 1.807) is 0 Å². The Morgan fingerprint density at radius 1 is 1.06 bits per heavy atom. The average molecular weight is 537 g/mol. The SMILES string of the molecule is CN=C(NCc1ccnc(N2CCOC(C)C2)c1)N1CCN(c2ccccn2)CC1.I. The smallest absolute Gasteiger partial charge is 0.194 e. The number of anilines is 2. The molecule has 2 fully saturated rings. The van der Waals surface area contributed by atoms with Crippen LogP contribution in [-0.4, -0.2) is 79.9 Å².